The molecule has 0 fully saturated rings. The predicted molar refractivity (Wildman–Crippen MR) is 67.0 cm³/mol. The van der Waals surface area contributed by atoms with Crippen LogP contribution >= 0.6 is 12.6 Å². The van der Waals surface area contributed by atoms with Gasteiger partial charge in [0.25, 0.3) is 0 Å². The monoisotopic (exact) mass is 238 g/mol. The Morgan fingerprint density at radius 1 is 1.50 bits per heavy atom. The number of thiol groups is 1. The molecule has 0 spiro atoms. The summed E-state index contributed by atoms with van der Waals surface area (Å²) in [5.74, 6) is 0.485. The summed E-state index contributed by atoms with van der Waals surface area (Å²) in [6.07, 6.45) is 0. The minimum Gasteiger partial charge on any atom is -0.408 e. The second kappa shape index (κ2) is 4.76. The van der Waals surface area contributed by atoms with E-state index in [1.807, 2.05) is 18.2 Å². The van der Waals surface area contributed by atoms with E-state index in [0.29, 0.717) is 5.58 Å². The van der Waals surface area contributed by atoms with E-state index < -0.39 is 0 Å². The smallest absolute Gasteiger partial charge is 0.408 e. The Morgan fingerprint density at radius 2 is 2.31 bits per heavy atom. The Labute approximate surface area is 98.7 Å². The lowest BCUT2D eigenvalue weighted by Crippen LogP contribution is -2.15. The van der Waals surface area contributed by atoms with E-state index in [-0.39, 0.29) is 5.76 Å². The predicted octanol–water partition coefficient (Wildman–Crippen LogP) is 1.15. The fraction of sp³-hybridized carbons (Fsp3) is 0.364. The van der Waals surface area contributed by atoms with Crippen LogP contribution in [0, 0.1) is 0 Å². The normalized spacial score (nSPS) is 11.1. The summed E-state index contributed by atoms with van der Waals surface area (Å²) in [5, 5.41) is 3.23. The molecular formula is C11H14N2O2S. The third-order valence-electron chi connectivity index (χ3n) is 2.47. The minimum absolute atomic E-state index is 0.324. The summed E-state index contributed by atoms with van der Waals surface area (Å²) in [4.78, 5) is 11.3. The Kier molecular flexibility index (Phi) is 3.36. The zero-order chi connectivity index (χ0) is 11.5. The molecule has 1 aromatic carbocycles. The molecule has 0 radical (unpaired) electrons. The van der Waals surface area contributed by atoms with Gasteiger partial charge in [0.2, 0.25) is 0 Å². The zero-order valence-corrected chi connectivity index (χ0v) is 9.96. The fourth-order valence-corrected chi connectivity index (χ4v) is 1.76. The van der Waals surface area contributed by atoms with Gasteiger partial charge in [-0.3, -0.25) is 4.57 Å². The van der Waals surface area contributed by atoms with Crippen molar-refractivity contribution in [3.05, 3.63) is 34.3 Å². The summed E-state index contributed by atoms with van der Waals surface area (Å²) in [6, 6.07) is 5.78. The van der Waals surface area contributed by atoms with Gasteiger partial charge < -0.3 is 9.73 Å². The molecule has 0 saturated heterocycles. The van der Waals surface area contributed by atoms with Crippen molar-refractivity contribution in [3.8, 4) is 0 Å². The van der Waals surface area contributed by atoms with Crippen LogP contribution in [0.1, 0.15) is 5.56 Å². The van der Waals surface area contributed by atoms with Crippen molar-refractivity contribution in [2.75, 3.05) is 12.3 Å². The van der Waals surface area contributed by atoms with Crippen LogP contribution in [-0.2, 0) is 13.6 Å². The number of aryl methyl sites for hydroxylation is 1. The third-order valence-corrected chi connectivity index (χ3v) is 2.70. The highest BCUT2D eigenvalue weighted by molar-refractivity contribution is 7.80. The molecular weight excluding hydrogens is 224 g/mol. The molecule has 5 heteroatoms. The number of rotatable bonds is 4. The van der Waals surface area contributed by atoms with Gasteiger partial charge in [0, 0.05) is 25.9 Å². The molecule has 0 unspecified atom stereocenters. The summed E-state index contributed by atoms with van der Waals surface area (Å²) in [7, 11) is 1.70. The molecule has 1 heterocycles. The Bertz CT molecular complexity index is 544. The lowest BCUT2D eigenvalue weighted by Gasteiger charge is -2.02. The van der Waals surface area contributed by atoms with E-state index in [9.17, 15) is 4.79 Å². The average molecular weight is 238 g/mol. The van der Waals surface area contributed by atoms with Crippen LogP contribution in [0.25, 0.3) is 11.1 Å². The number of oxazole rings is 1. The van der Waals surface area contributed by atoms with Crippen molar-refractivity contribution < 1.29 is 4.42 Å². The molecule has 0 amide bonds. The van der Waals surface area contributed by atoms with Crippen LogP contribution < -0.4 is 11.1 Å². The van der Waals surface area contributed by atoms with Gasteiger partial charge in [-0.05, 0) is 17.7 Å². The molecule has 86 valence electrons. The van der Waals surface area contributed by atoms with Crippen molar-refractivity contribution in [3.63, 3.8) is 0 Å². The van der Waals surface area contributed by atoms with Crippen LogP contribution in [0.2, 0.25) is 0 Å². The summed E-state index contributed by atoms with van der Waals surface area (Å²) >= 11 is 4.12. The molecule has 16 heavy (non-hydrogen) atoms. The van der Waals surface area contributed by atoms with Gasteiger partial charge in [0.1, 0.15) is 0 Å². The van der Waals surface area contributed by atoms with E-state index in [4.69, 9.17) is 4.42 Å². The number of hydrogen-bond donors (Lipinski definition) is 2. The summed E-state index contributed by atoms with van der Waals surface area (Å²) < 4.78 is 6.61. The van der Waals surface area contributed by atoms with Crippen LogP contribution in [-0.4, -0.2) is 16.9 Å². The van der Waals surface area contributed by atoms with Gasteiger partial charge in [-0.25, -0.2) is 4.79 Å². The second-order valence-electron chi connectivity index (χ2n) is 3.63. The SMILES string of the molecule is Cn1c(=O)oc2cc(CNCCS)ccc21. The second-order valence-corrected chi connectivity index (χ2v) is 4.08. The lowest BCUT2D eigenvalue weighted by molar-refractivity contribution is 0.527. The quantitative estimate of drug-likeness (QED) is 0.620. The van der Waals surface area contributed by atoms with Gasteiger partial charge in [-0.15, -0.1) is 0 Å². The first kappa shape index (κ1) is 11.3. The zero-order valence-electron chi connectivity index (χ0n) is 9.06. The van der Waals surface area contributed by atoms with Crippen molar-refractivity contribution in [2.24, 2.45) is 7.05 Å². The first-order chi connectivity index (χ1) is 7.72. The van der Waals surface area contributed by atoms with E-state index >= 15 is 0 Å². The standard InChI is InChI=1S/C11H14N2O2S/c1-13-9-3-2-8(7-12-4-5-16)6-10(9)15-11(13)14/h2-3,6,12,16H,4-5,7H2,1H3. The number of nitrogens with one attached hydrogen (secondary N) is 1. The molecule has 2 rings (SSSR count). The topological polar surface area (TPSA) is 47.2 Å². The van der Waals surface area contributed by atoms with Crippen molar-refractivity contribution >= 4 is 23.7 Å². The molecule has 0 bridgehead atoms. The highest BCUT2D eigenvalue weighted by Gasteiger charge is 2.05. The van der Waals surface area contributed by atoms with Crippen LogP contribution in [0.4, 0.5) is 0 Å². The number of aromatic nitrogens is 1. The maximum atomic E-state index is 11.3. The average Bonchev–Trinajstić information content (AvgIpc) is 2.55. The lowest BCUT2D eigenvalue weighted by atomic mass is 10.2. The molecule has 4 nitrogen and oxygen atoms in total. The first-order valence-electron chi connectivity index (χ1n) is 5.12. The molecule has 0 aliphatic carbocycles. The van der Waals surface area contributed by atoms with Gasteiger partial charge in [-0.1, -0.05) is 6.07 Å². The van der Waals surface area contributed by atoms with Gasteiger partial charge in [-0.2, -0.15) is 12.6 Å². The molecule has 0 aliphatic heterocycles. The van der Waals surface area contributed by atoms with Gasteiger partial charge >= 0.3 is 5.76 Å². The highest BCUT2D eigenvalue weighted by Crippen LogP contribution is 2.13. The van der Waals surface area contributed by atoms with Crippen LogP contribution in [0.3, 0.4) is 0 Å². The van der Waals surface area contributed by atoms with E-state index in [1.165, 1.54) is 4.57 Å². The maximum absolute atomic E-state index is 11.3. The maximum Gasteiger partial charge on any atom is 0.419 e. The molecule has 2 aromatic rings. The Morgan fingerprint density at radius 3 is 3.06 bits per heavy atom. The minimum atomic E-state index is -0.324. The summed E-state index contributed by atoms with van der Waals surface area (Å²) in [6.45, 7) is 1.62. The molecule has 1 aromatic heterocycles. The largest absolute Gasteiger partial charge is 0.419 e. The van der Waals surface area contributed by atoms with E-state index in [0.717, 1.165) is 29.9 Å². The first-order valence-corrected chi connectivity index (χ1v) is 5.75. The number of hydrogen-bond acceptors (Lipinski definition) is 4. The van der Waals surface area contributed by atoms with E-state index in [2.05, 4.69) is 17.9 Å². The van der Waals surface area contributed by atoms with Crippen LogP contribution in [0.15, 0.2) is 27.4 Å². The van der Waals surface area contributed by atoms with E-state index in [1.54, 1.807) is 7.05 Å². The summed E-state index contributed by atoms with van der Waals surface area (Å²) in [5.41, 5.74) is 2.56. The van der Waals surface area contributed by atoms with Crippen molar-refractivity contribution in [2.45, 2.75) is 6.54 Å². The molecule has 0 saturated carbocycles. The Balaban J connectivity index is 2.27. The number of fused-ring (bicyclic) bond motifs is 1. The number of nitrogens with zero attached hydrogens (tertiary/aromatic N) is 1. The molecule has 0 atom stereocenters. The van der Waals surface area contributed by atoms with Crippen LogP contribution in [0.5, 0.6) is 0 Å². The molecule has 1 N–H and O–H groups in total. The van der Waals surface area contributed by atoms with Crippen molar-refractivity contribution in [1.82, 2.24) is 9.88 Å². The Hall–Kier alpha value is -1.20. The number of benzene rings is 1. The highest BCUT2D eigenvalue weighted by atomic mass is 32.1. The van der Waals surface area contributed by atoms with Crippen molar-refractivity contribution in [1.29, 1.82) is 0 Å². The fourth-order valence-electron chi connectivity index (χ4n) is 1.60. The van der Waals surface area contributed by atoms with Gasteiger partial charge in [0.15, 0.2) is 5.58 Å². The van der Waals surface area contributed by atoms with Gasteiger partial charge in [0.05, 0.1) is 5.52 Å². The molecule has 0 aliphatic rings. The third kappa shape index (κ3) is 2.15.